The first-order valence-corrected chi connectivity index (χ1v) is 5.50. The third-order valence-corrected chi connectivity index (χ3v) is 2.11. The highest BCUT2D eigenvalue weighted by Gasteiger charge is 1.99. The van der Waals surface area contributed by atoms with E-state index in [0.717, 1.165) is 0 Å². The monoisotopic (exact) mass is 228 g/mol. The summed E-state index contributed by atoms with van der Waals surface area (Å²) in [5.41, 5.74) is 1.18. The molecule has 0 bridgehead atoms. The molecule has 0 aliphatic carbocycles. The molecule has 0 aromatic heterocycles. The van der Waals surface area contributed by atoms with Gasteiger partial charge in [0, 0.05) is 17.8 Å². The molecular formula is C9H12N2O3S. The van der Waals surface area contributed by atoms with Crippen molar-refractivity contribution in [1.29, 1.82) is 0 Å². The minimum Gasteiger partial charge on any atom is -0.326 e. The number of benzene rings is 1. The molecule has 0 saturated carbocycles. The lowest BCUT2D eigenvalue weighted by Crippen LogP contribution is -2.09. The highest BCUT2D eigenvalue weighted by molar-refractivity contribution is 7.80. The summed E-state index contributed by atoms with van der Waals surface area (Å²) in [5.74, 6) is -0.0681. The van der Waals surface area contributed by atoms with Gasteiger partial charge in [-0.05, 0) is 24.3 Å². The molecule has 0 heterocycles. The molecule has 0 aliphatic heterocycles. The van der Waals surface area contributed by atoms with Crippen LogP contribution in [0.2, 0.25) is 0 Å². The maximum atomic E-state index is 11.0. The van der Waals surface area contributed by atoms with Crippen molar-refractivity contribution < 1.29 is 13.6 Å². The predicted octanol–water partition coefficient (Wildman–Crippen LogP) is 1.58. The molecule has 1 amide bonds. The molecule has 0 saturated heterocycles. The van der Waals surface area contributed by atoms with Crippen LogP contribution >= 0.6 is 0 Å². The topological polar surface area (TPSA) is 78.4 Å². The van der Waals surface area contributed by atoms with Gasteiger partial charge in [0.05, 0.1) is 0 Å². The highest BCUT2D eigenvalue weighted by Crippen LogP contribution is 2.13. The van der Waals surface area contributed by atoms with E-state index < -0.39 is 11.3 Å². The lowest BCUT2D eigenvalue weighted by atomic mass is 10.3. The van der Waals surface area contributed by atoms with Gasteiger partial charge in [-0.15, -0.1) is 0 Å². The normalized spacial score (nSPS) is 11.9. The van der Waals surface area contributed by atoms with Gasteiger partial charge in [-0.1, -0.05) is 6.92 Å². The van der Waals surface area contributed by atoms with Gasteiger partial charge in [0.1, 0.15) is 0 Å². The van der Waals surface area contributed by atoms with Crippen molar-refractivity contribution in [1.82, 2.24) is 0 Å². The van der Waals surface area contributed by atoms with Crippen molar-refractivity contribution in [3.8, 4) is 0 Å². The van der Waals surface area contributed by atoms with Crippen molar-refractivity contribution in [2.75, 3.05) is 10.0 Å². The Morgan fingerprint density at radius 2 is 1.87 bits per heavy atom. The van der Waals surface area contributed by atoms with Crippen LogP contribution in [0.25, 0.3) is 0 Å². The van der Waals surface area contributed by atoms with Crippen molar-refractivity contribution in [2.24, 2.45) is 0 Å². The predicted molar refractivity (Wildman–Crippen MR) is 59.8 cm³/mol. The van der Waals surface area contributed by atoms with E-state index in [1.807, 2.05) is 0 Å². The number of hydrogen-bond acceptors (Lipinski definition) is 2. The fraction of sp³-hybridized carbons (Fsp3) is 0.222. The Hall–Kier alpha value is -1.40. The van der Waals surface area contributed by atoms with Crippen LogP contribution in [-0.2, 0) is 16.1 Å². The second-order valence-electron chi connectivity index (χ2n) is 2.83. The standard InChI is InChI=1S/C9H12N2O3S/c1-2-9(12)10-7-3-5-8(6-4-7)11-15(13)14/h3-6,11H,2H2,1H3,(H,10,12)(H,13,14). The van der Waals surface area contributed by atoms with Gasteiger partial charge >= 0.3 is 0 Å². The van der Waals surface area contributed by atoms with Crippen LogP contribution in [0.3, 0.4) is 0 Å². The van der Waals surface area contributed by atoms with Crippen molar-refractivity contribution in [2.45, 2.75) is 13.3 Å². The van der Waals surface area contributed by atoms with E-state index in [9.17, 15) is 9.00 Å². The van der Waals surface area contributed by atoms with Gasteiger partial charge in [-0.3, -0.25) is 14.1 Å². The summed E-state index contributed by atoms with van der Waals surface area (Å²) < 4.78 is 21.3. The molecular weight excluding hydrogens is 216 g/mol. The third kappa shape index (κ3) is 4.09. The Kier molecular flexibility index (Phi) is 4.26. The summed E-state index contributed by atoms with van der Waals surface area (Å²) in [7, 11) is 0. The molecule has 1 aromatic rings. The average molecular weight is 228 g/mol. The fourth-order valence-corrected chi connectivity index (χ4v) is 1.31. The summed E-state index contributed by atoms with van der Waals surface area (Å²) in [4.78, 5) is 11.0. The van der Waals surface area contributed by atoms with E-state index in [1.165, 1.54) is 0 Å². The summed E-state index contributed by atoms with van der Waals surface area (Å²) in [5, 5.41) is 2.67. The maximum absolute atomic E-state index is 11.0. The average Bonchev–Trinajstić information content (AvgIpc) is 2.20. The van der Waals surface area contributed by atoms with E-state index in [4.69, 9.17) is 4.55 Å². The molecule has 6 heteroatoms. The van der Waals surface area contributed by atoms with Gasteiger partial charge in [0.15, 0.2) is 0 Å². The molecule has 0 fully saturated rings. The number of nitrogens with one attached hydrogen (secondary N) is 2. The minimum atomic E-state index is -2.07. The molecule has 0 aliphatic rings. The van der Waals surface area contributed by atoms with Gasteiger partial charge in [-0.25, -0.2) is 4.21 Å². The lowest BCUT2D eigenvalue weighted by Gasteiger charge is -2.05. The molecule has 1 unspecified atom stereocenters. The smallest absolute Gasteiger partial charge is 0.259 e. The molecule has 1 rings (SSSR count). The Bertz CT molecular complexity index is 364. The summed E-state index contributed by atoms with van der Waals surface area (Å²) in [6.07, 6.45) is 0.417. The number of carbonyl (C=O) groups is 1. The van der Waals surface area contributed by atoms with Gasteiger partial charge in [0.25, 0.3) is 11.3 Å². The van der Waals surface area contributed by atoms with Crippen LogP contribution in [0, 0.1) is 0 Å². The number of rotatable bonds is 4. The van der Waals surface area contributed by atoms with Crippen LogP contribution in [-0.4, -0.2) is 14.7 Å². The Morgan fingerprint density at radius 1 is 1.33 bits per heavy atom. The second kappa shape index (κ2) is 5.47. The fourth-order valence-electron chi connectivity index (χ4n) is 0.972. The van der Waals surface area contributed by atoms with E-state index in [0.29, 0.717) is 17.8 Å². The zero-order chi connectivity index (χ0) is 11.3. The van der Waals surface area contributed by atoms with Gasteiger partial charge in [0.2, 0.25) is 5.91 Å². The summed E-state index contributed by atoms with van der Waals surface area (Å²) >= 11 is -2.07. The zero-order valence-corrected chi connectivity index (χ0v) is 9.00. The molecule has 3 N–H and O–H groups in total. The molecule has 1 aromatic carbocycles. The maximum Gasteiger partial charge on any atom is 0.259 e. The molecule has 15 heavy (non-hydrogen) atoms. The Balaban J connectivity index is 2.64. The molecule has 0 spiro atoms. The highest BCUT2D eigenvalue weighted by atomic mass is 32.2. The van der Waals surface area contributed by atoms with E-state index in [2.05, 4.69) is 10.0 Å². The SMILES string of the molecule is CCC(=O)Nc1ccc(NS(=O)O)cc1. The molecule has 1 atom stereocenters. The zero-order valence-electron chi connectivity index (χ0n) is 8.19. The van der Waals surface area contributed by atoms with Crippen LogP contribution in [0.4, 0.5) is 11.4 Å². The first-order chi connectivity index (χ1) is 7.11. The van der Waals surface area contributed by atoms with Crippen molar-refractivity contribution in [3.63, 3.8) is 0 Å². The van der Waals surface area contributed by atoms with Gasteiger partial charge < -0.3 is 5.32 Å². The van der Waals surface area contributed by atoms with Crippen LogP contribution in [0.5, 0.6) is 0 Å². The lowest BCUT2D eigenvalue weighted by molar-refractivity contribution is -0.115. The molecule has 82 valence electrons. The van der Waals surface area contributed by atoms with Crippen LogP contribution in [0.1, 0.15) is 13.3 Å². The van der Waals surface area contributed by atoms with E-state index >= 15 is 0 Å². The Labute approximate surface area is 90.3 Å². The number of amides is 1. The minimum absolute atomic E-state index is 0.0681. The van der Waals surface area contributed by atoms with Crippen molar-refractivity contribution >= 4 is 28.5 Å². The summed E-state index contributed by atoms with van der Waals surface area (Å²) in [6.45, 7) is 1.76. The quantitative estimate of drug-likeness (QED) is 0.685. The number of anilines is 2. The number of carbonyl (C=O) groups excluding carboxylic acids is 1. The number of hydrogen-bond donors (Lipinski definition) is 3. The summed E-state index contributed by atoms with van der Waals surface area (Å²) in [6, 6.07) is 6.53. The van der Waals surface area contributed by atoms with E-state index in [-0.39, 0.29) is 5.91 Å². The van der Waals surface area contributed by atoms with E-state index in [1.54, 1.807) is 31.2 Å². The first kappa shape index (κ1) is 11.7. The Morgan fingerprint density at radius 3 is 2.33 bits per heavy atom. The largest absolute Gasteiger partial charge is 0.326 e. The molecule has 0 radical (unpaired) electrons. The van der Waals surface area contributed by atoms with Crippen molar-refractivity contribution in [3.05, 3.63) is 24.3 Å². The first-order valence-electron chi connectivity index (χ1n) is 4.39. The van der Waals surface area contributed by atoms with Gasteiger partial charge in [-0.2, -0.15) is 0 Å². The molecule has 5 nitrogen and oxygen atoms in total. The second-order valence-corrected chi connectivity index (χ2v) is 3.53. The van der Waals surface area contributed by atoms with Crippen LogP contribution < -0.4 is 10.0 Å². The third-order valence-electron chi connectivity index (χ3n) is 1.69. The van der Waals surface area contributed by atoms with Crippen LogP contribution in [0.15, 0.2) is 24.3 Å².